The van der Waals surface area contributed by atoms with Crippen LogP contribution in [0.15, 0.2) is 18.2 Å². The van der Waals surface area contributed by atoms with Gasteiger partial charge in [0.05, 0.1) is 20.3 Å². The molecule has 1 aliphatic rings. The summed E-state index contributed by atoms with van der Waals surface area (Å²) >= 11 is 0. The van der Waals surface area contributed by atoms with Gasteiger partial charge in [0.1, 0.15) is 6.54 Å². The molecule has 0 spiro atoms. The number of hydrogen-bond acceptors (Lipinski definition) is 4. The van der Waals surface area contributed by atoms with Gasteiger partial charge in [-0.25, -0.2) is 4.79 Å². The summed E-state index contributed by atoms with van der Waals surface area (Å²) in [6.07, 6.45) is 3.06. The highest BCUT2D eigenvalue weighted by atomic mass is 16.5. The highest BCUT2D eigenvalue weighted by Gasteiger charge is 2.33. The van der Waals surface area contributed by atoms with Crippen LogP contribution in [0.5, 0.6) is 11.5 Å². The second-order valence-corrected chi connectivity index (χ2v) is 5.39. The van der Waals surface area contributed by atoms with Crippen molar-refractivity contribution in [2.24, 2.45) is 0 Å². The topological polar surface area (TPSA) is 60.2 Å². The highest BCUT2D eigenvalue weighted by molar-refractivity contribution is 5.74. The number of benzene rings is 1. The number of quaternary nitrogens is 1. The zero-order valence-electron chi connectivity index (χ0n) is 12.7. The molecule has 1 aromatic rings. The van der Waals surface area contributed by atoms with Crippen molar-refractivity contribution in [1.29, 1.82) is 0 Å². The molecular weight excluding hydrogens is 270 g/mol. The lowest BCUT2D eigenvalue weighted by molar-refractivity contribution is -0.935. The Kier molecular flexibility index (Phi) is 5.44. The van der Waals surface area contributed by atoms with Crippen LogP contribution in [0.3, 0.4) is 0 Å². The number of phenols is 1. The highest BCUT2D eigenvalue weighted by Crippen LogP contribution is 2.25. The molecular formula is C16H24NO4+. The Hall–Kier alpha value is -1.75. The van der Waals surface area contributed by atoms with Crippen molar-refractivity contribution in [3.63, 3.8) is 0 Å². The smallest absolute Gasteiger partial charge is 0.364 e. The van der Waals surface area contributed by atoms with Crippen LogP contribution in [0, 0.1) is 0 Å². The van der Waals surface area contributed by atoms with E-state index in [9.17, 15) is 9.90 Å². The van der Waals surface area contributed by atoms with E-state index < -0.39 is 0 Å². The van der Waals surface area contributed by atoms with Crippen LogP contribution in [0.2, 0.25) is 0 Å². The maximum absolute atomic E-state index is 12.1. The standard InChI is InChI=1S/C16H23NO4/c1-3-21-16(19)13-6-4-5-9-17(13)11-12-7-8-15(20-2)14(18)10-12/h7-8,10,13,18H,3-6,9,11H2,1-2H3/p+1/t13-/m0/s1. The van der Waals surface area contributed by atoms with Gasteiger partial charge in [0.15, 0.2) is 17.5 Å². The van der Waals surface area contributed by atoms with Gasteiger partial charge in [0.2, 0.25) is 0 Å². The van der Waals surface area contributed by atoms with Gasteiger partial charge in [-0.05, 0) is 38.0 Å². The molecule has 1 fully saturated rings. The summed E-state index contributed by atoms with van der Waals surface area (Å²) < 4.78 is 10.2. The maximum atomic E-state index is 12.1. The third-order valence-electron chi connectivity index (χ3n) is 3.98. The number of carbonyl (C=O) groups is 1. The van der Waals surface area contributed by atoms with Crippen LogP contribution < -0.4 is 9.64 Å². The van der Waals surface area contributed by atoms with E-state index in [-0.39, 0.29) is 17.8 Å². The molecule has 2 atom stereocenters. The van der Waals surface area contributed by atoms with Gasteiger partial charge in [-0.15, -0.1) is 0 Å². The molecule has 116 valence electrons. The number of nitrogens with one attached hydrogen (secondary N) is 1. The molecule has 2 N–H and O–H groups in total. The summed E-state index contributed by atoms with van der Waals surface area (Å²) in [5.74, 6) is 0.498. The van der Waals surface area contributed by atoms with Crippen molar-refractivity contribution in [2.45, 2.75) is 38.8 Å². The summed E-state index contributed by atoms with van der Waals surface area (Å²) in [7, 11) is 1.53. The van der Waals surface area contributed by atoms with Crippen molar-refractivity contribution in [3.8, 4) is 11.5 Å². The van der Waals surface area contributed by atoms with Crippen molar-refractivity contribution >= 4 is 5.97 Å². The van der Waals surface area contributed by atoms with Gasteiger partial charge >= 0.3 is 5.97 Å². The number of piperidine rings is 1. The number of ether oxygens (including phenoxy) is 2. The summed E-state index contributed by atoms with van der Waals surface area (Å²) in [5, 5.41) is 9.85. The largest absolute Gasteiger partial charge is 0.504 e. The van der Waals surface area contributed by atoms with E-state index in [0.717, 1.165) is 31.4 Å². The molecule has 5 heteroatoms. The monoisotopic (exact) mass is 294 g/mol. The summed E-state index contributed by atoms with van der Waals surface area (Å²) in [6, 6.07) is 5.31. The van der Waals surface area contributed by atoms with Crippen molar-refractivity contribution < 1.29 is 24.3 Å². The number of phenolic OH excluding ortho intramolecular Hbond substituents is 1. The first-order valence-corrected chi connectivity index (χ1v) is 7.52. The van der Waals surface area contributed by atoms with Crippen LogP contribution in [-0.4, -0.2) is 37.4 Å². The first-order valence-electron chi connectivity index (χ1n) is 7.52. The van der Waals surface area contributed by atoms with E-state index in [2.05, 4.69) is 0 Å². The van der Waals surface area contributed by atoms with Gasteiger partial charge < -0.3 is 19.5 Å². The number of aromatic hydroxyl groups is 1. The minimum Gasteiger partial charge on any atom is -0.504 e. The van der Waals surface area contributed by atoms with Crippen LogP contribution in [-0.2, 0) is 16.1 Å². The molecule has 2 rings (SSSR count). The number of methoxy groups -OCH3 is 1. The molecule has 0 bridgehead atoms. The van der Waals surface area contributed by atoms with E-state index in [1.807, 2.05) is 13.0 Å². The number of esters is 1. The molecule has 0 aromatic heterocycles. The van der Waals surface area contributed by atoms with Crippen molar-refractivity contribution in [3.05, 3.63) is 23.8 Å². The van der Waals surface area contributed by atoms with Gasteiger partial charge in [0, 0.05) is 12.0 Å². The minimum absolute atomic E-state index is 0.0945. The van der Waals surface area contributed by atoms with E-state index in [4.69, 9.17) is 9.47 Å². The zero-order valence-corrected chi connectivity index (χ0v) is 12.7. The Morgan fingerprint density at radius 1 is 1.43 bits per heavy atom. The normalized spacial score (nSPS) is 21.8. The average Bonchev–Trinajstić information content (AvgIpc) is 2.48. The van der Waals surface area contributed by atoms with Crippen LogP contribution in [0.4, 0.5) is 0 Å². The molecule has 5 nitrogen and oxygen atoms in total. The lowest BCUT2D eigenvalue weighted by Crippen LogP contribution is -3.16. The second kappa shape index (κ2) is 7.31. The van der Waals surface area contributed by atoms with E-state index in [1.54, 1.807) is 12.1 Å². The number of carbonyl (C=O) groups excluding carboxylic acids is 1. The fourth-order valence-electron chi connectivity index (χ4n) is 2.93. The second-order valence-electron chi connectivity index (χ2n) is 5.39. The molecule has 1 heterocycles. The molecule has 1 aromatic carbocycles. The fourth-order valence-corrected chi connectivity index (χ4v) is 2.93. The third-order valence-corrected chi connectivity index (χ3v) is 3.98. The number of rotatable bonds is 5. The van der Waals surface area contributed by atoms with Crippen molar-refractivity contribution in [1.82, 2.24) is 0 Å². The fraction of sp³-hybridized carbons (Fsp3) is 0.562. The van der Waals surface area contributed by atoms with E-state index in [1.165, 1.54) is 12.0 Å². The first-order chi connectivity index (χ1) is 10.2. The van der Waals surface area contributed by atoms with E-state index >= 15 is 0 Å². The molecule has 1 aliphatic heterocycles. The van der Waals surface area contributed by atoms with E-state index in [0.29, 0.717) is 18.9 Å². The molecule has 21 heavy (non-hydrogen) atoms. The van der Waals surface area contributed by atoms with Gasteiger partial charge in [-0.1, -0.05) is 0 Å². The molecule has 1 saturated heterocycles. The SMILES string of the molecule is CCOC(=O)[C@@H]1CCCC[NH+]1Cc1ccc(OC)c(O)c1. The Morgan fingerprint density at radius 2 is 2.24 bits per heavy atom. The summed E-state index contributed by atoms with van der Waals surface area (Å²) in [6.45, 7) is 3.92. The number of likely N-dealkylation sites (tertiary alicyclic amines) is 1. The van der Waals surface area contributed by atoms with Crippen LogP contribution in [0.25, 0.3) is 0 Å². The Morgan fingerprint density at radius 3 is 2.90 bits per heavy atom. The van der Waals surface area contributed by atoms with Crippen LogP contribution >= 0.6 is 0 Å². The Labute approximate surface area is 125 Å². The Bertz CT molecular complexity index is 489. The summed E-state index contributed by atoms with van der Waals surface area (Å²) in [4.78, 5) is 13.3. The molecule has 1 unspecified atom stereocenters. The van der Waals surface area contributed by atoms with Crippen LogP contribution in [0.1, 0.15) is 31.7 Å². The molecule has 0 aliphatic carbocycles. The van der Waals surface area contributed by atoms with Crippen molar-refractivity contribution in [2.75, 3.05) is 20.3 Å². The predicted molar refractivity (Wildman–Crippen MR) is 78.5 cm³/mol. The molecule has 0 radical (unpaired) electrons. The van der Waals surface area contributed by atoms with Gasteiger partial charge in [0.25, 0.3) is 0 Å². The number of hydrogen-bond donors (Lipinski definition) is 2. The predicted octanol–water partition coefficient (Wildman–Crippen LogP) is 0.901. The molecule has 0 amide bonds. The molecule has 0 saturated carbocycles. The Balaban J connectivity index is 2.08. The lowest BCUT2D eigenvalue weighted by Gasteiger charge is -2.31. The van der Waals surface area contributed by atoms with Gasteiger partial charge in [-0.2, -0.15) is 0 Å². The zero-order chi connectivity index (χ0) is 15.2. The summed E-state index contributed by atoms with van der Waals surface area (Å²) in [5.41, 5.74) is 1.000. The lowest BCUT2D eigenvalue weighted by atomic mass is 10.0. The maximum Gasteiger partial charge on any atom is 0.364 e. The first kappa shape index (κ1) is 15.6. The quantitative estimate of drug-likeness (QED) is 0.792. The van der Waals surface area contributed by atoms with Gasteiger partial charge in [-0.3, -0.25) is 0 Å². The third kappa shape index (κ3) is 3.88. The average molecular weight is 294 g/mol. The minimum atomic E-state index is -0.107.